The van der Waals surface area contributed by atoms with Gasteiger partial charge in [0.25, 0.3) is 5.56 Å². The van der Waals surface area contributed by atoms with Gasteiger partial charge in [0.2, 0.25) is 4.96 Å². The fraction of sp³-hybridized carbons (Fsp3) is 0.250. The minimum atomic E-state index is -0.536. The SMILES string of the molecule is COc1ccc(OCC(=O)OCc2nn3c(=O)cc(C)nc3s2)cc1. The molecule has 0 aliphatic carbocycles. The highest BCUT2D eigenvalue weighted by atomic mass is 32.1. The van der Waals surface area contributed by atoms with Crippen LogP contribution < -0.4 is 15.0 Å². The van der Waals surface area contributed by atoms with Crippen molar-refractivity contribution in [2.75, 3.05) is 13.7 Å². The number of methoxy groups -OCH3 is 1. The van der Waals surface area contributed by atoms with Crippen LogP contribution in [0.1, 0.15) is 10.7 Å². The minimum Gasteiger partial charge on any atom is -0.497 e. The van der Waals surface area contributed by atoms with Crippen LogP contribution in [0, 0.1) is 6.92 Å². The summed E-state index contributed by atoms with van der Waals surface area (Å²) >= 11 is 1.19. The molecule has 0 fully saturated rings. The summed E-state index contributed by atoms with van der Waals surface area (Å²) in [6, 6.07) is 8.24. The predicted octanol–water partition coefficient (Wildman–Crippen LogP) is 1.59. The van der Waals surface area contributed by atoms with Crippen molar-refractivity contribution in [2.45, 2.75) is 13.5 Å². The van der Waals surface area contributed by atoms with E-state index in [1.54, 1.807) is 38.3 Å². The van der Waals surface area contributed by atoms with Crippen molar-refractivity contribution >= 4 is 22.3 Å². The van der Waals surface area contributed by atoms with E-state index in [0.717, 1.165) is 0 Å². The zero-order chi connectivity index (χ0) is 17.8. The van der Waals surface area contributed by atoms with Gasteiger partial charge in [0, 0.05) is 11.8 Å². The van der Waals surface area contributed by atoms with Crippen molar-refractivity contribution in [1.29, 1.82) is 0 Å². The van der Waals surface area contributed by atoms with E-state index in [0.29, 0.717) is 27.2 Å². The monoisotopic (exact) mass is 361 g/mol. The summed E-state index contributed by atoms with van der Waals surface area (Å²) in [5, 5.41) is 4.57. The Morgan fingerprint density at radius 2 is 1.96 bits per heavy atom. The molecule has 8 nitrogen and oxygen atoms in total. The van der Waals surface area contributed by atoms with E-state index < -0.39 is 5.97 Å². The number of aryl methyl sites for hydroxylation is 1. The number of carbonyl (C=O) groups is 1. The second-order valence-electron chi connectivity index (χ2n) is 5.05. The largest absolute Gasteiger partial charge is 0.497 e. The summed E-state index contributed by atoms with van der Waals surface area (Å²) in [6.45, 7) is 1.46. The molecule has 0 unspecified atom stereocenters. The third-order valence-electron chi connectivity index (χ3n) is 3.19. The van der Waals surface area contributed by atoms with Crippen molar-refractivity contribution in [3.05, 3.63) is 51.4 Å². The van der Waals surface area contributed by atoms with Crippen molar-refractivity contribution in [3.8, 4) is 11.5 Å². The van der Waals surface area contributed by atoms with Crippen LogP contribution in [0.3, 0.4) is 0 Å². The predicted molar refractivity (Wildman–Crippen MR) is 90.2 cm³/mol. The van der Waals surface area contributed by atoms with Crippen molar-refractivity contribution in [2.24, 2.45) is 0 Å². The van der Waals surface area contributed by atoms with Crippen molar-refractivity contribution in [3.63, 3.8) is 0 Å². The molecule has 2 heterocycles. The summed E-state index contributed by atoms with van der Waals surface area (Å²) < 4.78 is 16.7. The van der Waals surface area contributed by atoms with E-state index in [9.17, 15) is 9.59 Å². The molecule has 0 saturated heterocycles. The van der Waals surface area contributed by atoms with Crippen LogP contribution in [0.4, 0.5) is 0 Å². The fourth-order valence-electron chi connectivity index (χ4n) is 2.02. The first-order valence-corrected chi connectivity index (χ1v) is 8.15. The third-order valence-corrected chi connectivity index (χ3v) is 4.07. The molecule has 0 aliphatic heterocycles. The Hall–Kier alpha value is -2.94. The lowest BCUT2D eigenvalue weighted by Crippen LogP contribution is -2.16. The maximum atomic E-state index is 11.8. The molecule has 1 aromatic carbocycles. The molecular weight excluding hydrogens is 346 g/mol. The van der Waals surface area contributed by atoms with Crippen LogP contribution in [0.25, 0.3) is 4.96 Å². The third kappa shape index (κ3) is 4.13. The van der Waals surface area contributed by atoms with Crippen molar-refractivity contribution < 1.29 is 19.0 Å². The van der Waals surface area contributed by atoms with Crippen LogP contribution in [0.15, 0.2) is 35.1 Å². The van der Waals surface area contributed by atoms with Crippen LogP contribution in [0.2, 0.25) is 0 Å². The molecule has 0 atom stereocenters. The molecule has 9 heteroatoms. The van der Waals surface area contributed by atoms with Gasteiger partial charge in [-0.25, -0.2) is 9.78 Å². The smallest absolute Gasteiger partial charge is 0.344 e. The Bertz CT molecular complexity index is 949. The van der Waals surface area contributed by atoms with Crippen LogP contribution in [0.5, 0.6) is 11.5 Å². The molecule has 0 aliphatic rings. The van der Waals surface area contributed by atoms with Gasteiger partial charge >= 0.3 is 5.97 Å². The van der Waals surface area contributed by atoms with Crippen LogP contribution in [-0.4, -0.2) is 34.3 Å². The second kappa shape index (κ2) is 7.31. The van der Waals surface area contributed by atoms with E-state index in [2.05, 4.69) is 10.1 Å². The lowest BCUT2D eigenvalue weighted by atomic mass is 10.3. The Labute approximate surface area is 146 Å². The number of hydrogen-bond donors (Lipinski definition) is 0. The number of fused-ring (bicyclic) bond motifs is 1. The lowest BCUT2D eigenvalue weighted by molar-refractivity contribution is -0.147. The molecule has 130 valence electrons. The number of esters is 1. The molecule has 0 spiro atoms. The van der Waals surface area contributed by atoms with Gasteiger partial charge in [0.1, 0.15) is 18.1 Å². The van der Waals surface area contributed by atoms with E-state index in [-0.39, 0.29) is 18.8 Å². The summed E-state index contributed by atoms with van der Waals surface area (Å²) in [4.78, 5) is 28.2. The standard InChI is InChI=1S/C16H15N3O5S/c1-10-7-14(20)19-16(17-10)25-13(18-19)8-24-15(21)9-23-12-5-3-11(22-2)4-6-12/h3-7H,8-9H2,1-2H3. The number of ether oxygens (including phenoxy) is 3. The summed E-state index contributed by atoms with van der Waals surface area (Å²) in [7, 11) is 1.57. The van der Waals surface area contributed by atoms with E-state index in [1.807, 2.05) is 0 Å². The number of carbonyl (C=O) groups excluding carboxylic acids is 1. The van der Waals surface area contributed by atoms with Gasteiger partial charge in [-0.15, -0.1) is 0 Å². The van der Waals surface area contributed by atoms with Crippen LogP contribution in [-0.2, 0) is 16.1 Å². The van der Waals surface area contributed by atoms with Gasteiger partial charge in [-0.05, 0) is 31.2 Å². The first kappa shape index (κ1) is 16.9. The Balaban J connectivity index is 1.55. The van der Waals surface area contributed by atoms with Crippen molar-refractivity contribution in [1.82, 2.24) is 14.6 Å². The first-order chi connectivity index (χ1) is 12.0. The number of benzene rings is 1. The van der Waals surface area contributed by atoms with Gasteiger partial charge in [-0.2, -0.15) is 9.61 Å². The molecule has 0 saturated carbocycles. The molecule has 0 bridgehead atoms. The quantitative estimate of drug-likeness (QED) is 0.616. The highest BCUT2D eigenvalue weighted by Gasteiger charge is 2.11. The number of nitrogens with zero attached hydrogens (tertiary/aromatic N) is 3. The molecule has 3 aromatic rings. The Kier molecular flexibility index (Phi) is 4.94. The minimum absolute atomic E-state index is 0.0443. The molecule has 25 heavy (non-hydrogen) atoms. The zero-order valence-electron chi connectivity index (χ0n) is 13.6. The molecule has 0 radical (unpaired) electrons. The summed E-state index contributed by atoms with van der Waals surface area (Å²) in [5.41, 5.74) is 0.351. The highest BCUT2D eigenvalue weighted by Crippen LogP contribution is 2.17. The van der Waals surface area contributed by atoms with Gasteiger partial charge in [0.15, 0.2) is 11.6 Å². The Morgan fingerprint density at radius 3 is 2.68 bits per heavy atom. The van der Waals surface area contributed by atoms with Crippen LogP contribution >= 0.6 is 11.3 Å². The summed E-state index contributed by atoms with van der Waals surface area (Å²) in [6.07, 6.45) is 0. The van der Waals surface area contributed by atoms with Gasteiger partial charge in [0.05, 0.1) is 7.11 Å². The number of hydrogen-bond acceptors (Lipinski definition) is 8. The second-order valence-corrected chi connectivity index (χ2v) is 6.09. The molecule has 3 rings (SSSR count). The van der Waals surface area contributed by atoms with E-state index in [1.165, 1.54) is 21.9 Å². The summed E-state index contributed by atoms with van der Waals surface area (Å²) in [5.74, 6) is 0.695. The molecule has 0 amide bonds. The Morgan fingerprint density at radius 1 is 1.24 bits per heavy atom. The van der Waals surface area contributed by atoms with Gasteiger partial charge in [-0.3, -0.25) is 4.79 Å². The molecule has 2 aromatic heterocycles. The maximum Gasteiger partial charge on any atom is 0.344 e. The lowest BCUT2D eigenvalue weighted by Gasteiger charge is -2.06. The average molecular weight is 361 g/mol. The number of rotatable bonds is 6. The average Bonchev–Trinajstić information content (AvgIpc) is 3.02. The molecule has 0 N–H and O–H groups in total. The van der Waals surface area contributed by atoms with Gasteiger partial charge < -0.3 is 14.2 Å². The van der Waals surface area contributed by atoms with Gasteiger partial charge in [-0.1, -0.05) is 11.3 Å². The zero-order valence-corrected chi connectivity index (χ0v) is 14.4. The maximum absolute atomic E-state index is 11.8. The molecular formula is C16H15N3O5S. The number of aromatic nitrogens is 3. The highest BCUT2D eigenvalue weighted by molar-refractivity contribution is 7.16. The van der Waals surface area contributed by atoms with E-state index in [4.69, 9.17) is 14.2 Å². The fourth-order valence-corrected chi connectivity index (χ4v) is 2.87. The topological polar surface area (TPSA) is 92.0 Å². The van der Waals surface area contributed by atoms with E-state index >= 15 is 0 Å². The normalized spacial score (nSPS) is 10.6. The first-order valence-electron chi connectivity index (χ1n) is 7.34.